The molecular weight excluding hydrogens is 298 g/mol. The maximum absolute atomic E-state index is 11.9. The number of hydrogen-bond acceptors (Lipinski definition) is 4. The summed E-state index contributed by atoms with van der Waals surface area (Å²) in [6.07, 6.45) is 0.693. The molecule has 1 aromatic carbocycles. The van der Waals surface area contributed by atoms with E-state index in [4.69, 9.17) is 14.6 Å². The fraction of sp³-hybridized carbons (Fsp3) is 0.529. The fourth-order valence-corrected chi connectivity index (χ4v) is 2.04. The molecule has 1 unspecified atom stereocenters. The minimum absolute atomic E-state index is 0.0901. The molecule has 0 aliphatic heterocycles. The average Bonchev–Trinajstić information content (AvgIpc) is 2.47. The van der Waals surface area contributed by atoms with Gasteiger partial charge in [-0.3, -0.25) is 4.79 Å². The maximum atomic E-state index is 11.9. The van der Waals surface area contributed by atoms with E-state index in [0.717, 1.165) is 11.3 Å². The van der Waals surface area contributed by atoms with Gasteiger partial charge >= 0.3 is 5.97 Å². The molecule has 0 saturated heterocycles. The highest BCUT2D eigenvalue weighted by atomic mass is 16.5. The lowest BCUT2D eigenvalue weighted by Gasteiger charge is -2.25. The van der Waals surface area contributed by atoms with Crippen molar-refractivity contribution in [2.24, 2.45) is 0 Å². The molecule has 128 valence electrons. The van der Waals surface area contributed by atoms with E-state index in [1.807, 2.05) is 32.0 Å². The van der Waals surface area contributed by atoms with Gasteiger partial charge in [0.2, 0.25) is 5.91 Å². The van der Waals surface area contributed by atoms with Crippen LogP contribution in [0.4, 0.5) is 0 Å². The zero-order valence-electron chi connectivity index (χ0n) is 14.1. The van der Waals surface area contributed by atoms with Crippen LogP contribution in [-0.4, -0.2) is 42.8 Å². The van der Waals surface area contributed by atoms with Crippen LogP contribution in [0.15, 0.2) is 18.2 Å². The average molecular weight is 323 g/mol. The Kier molecular flexibility index (Phi) is 7.03. The highest BCUT2D eigenvalue weighted by molar-refractivity contribution is 5.86. The van der Waals surface area contributed by atoms with E-state index in [-0.39, 0.29) is 18.9 Å². The fourth-order valence-electron chi connectivity index (χ4n) is 2.04. The first kappa shape index (κ1) is 19.0. The Balaban J connectivity index is 2.38. The van der Waals surface area contributed by atoms with Crippen molar-refractivity contribution in [3.8, 4) is 5.75 Å². The summed E-state index contributed by atoms with van der Waals surface area (Å²) < 4.78 is 10.4. The number of nitrogens with one attached hydrogen (secondary N) is 1. The molecular formula is C17H25NO5. The van der Waals surface area contributed by atoms with Crippen molar-refractivity contribution in [1.82, 2.24) is 5.32 Å². The zero-order valence-corrected chi connectivity index (χ0v) is 14.1. The maximum Gasteiger partial charge on any atom is 0.331 e. The molecule has 0 heterocycles. The normalized spacial score (nSPS) is 13.2. The Morgan fingerprint density at radius 2 is 1.96 bits per heavy atom. The van der Waals surface area contributed by atoms with Crippen LogP contribution < -0.4 is 10.1 Å². The number of benzene rings is 1. The molecule has 0 fully saturated rings. The summed E-state index contributed by atoms with van der Waals surface area (Å²) in [5.74, 6) is -0.696. The van der Waals surface area contributed by atoms with E-state index in [1.165, 1.54) is 19.6 Å². The van der Waals surface area contributed by atoms with Crippen molar-refractivity contribution in [1.29, 1.82) is 0 Å². The van der Waals surface area contributed by atoms with E-state index in [9.17, 15) is 9.59 Å². The second-order valence-electron chi connectivity index (χ2n) is 5.82. The van der Waals surface area contributed by atoms with Crippen LogP contribution in [-0.2, 0) is 14.3 Å². The van der Waals surface area contributed by atoms with Gasteiger partial charge < -0.3 is 19.9 Å². The van der Waals surface area contributed by atoms with E-state index in [1.54, 1.807) is 0 Å². The van der Waals surface area contributed by atoms with Gasteiger partial charge in [-0.25, -0.2) is 4.79 Å². The van der Waals surface area contributed by atoms with Gasteiger partial charge in [-0.15, -0.1) is 0 Å². The lowest BCUT2D eigenvalue weighted by atomic mass is 10.0. The monoisotopic (exact) mass is 323 g/mol. The van der Waals surface area contributed by atoms with Gasteiger partial charge in [-0.2, -0.15) is 0 Å². The summed E-state index contributed by atoms with van der Waals surface area (Å²) >= 11 is 0. The highest BCUT2D eigenvalue weighted by Crippen LogP contribution is 2.16. The van der Waals surface area contributed by atoms with Crippen molar-refractivity contribution in [3.05, 3.63) is 29.3 Å². The number of ether oxygens (including phenoxy) is 2. The van der Waals surface area contributed by atoms with E-state index in [0.29, 0.717) is 13.0 Å². The smallest absolute Gasteiger partial charge is 0.331 e. The zero-order chi connectivity index (χ0) is 17.5. The summed E-state index contributed by atoms with van der Waals surface area (Å²) in [6, 6.07) is 5.83. The summed E-state index contributed by atoms with van der Waals surface area (Å²) in [6.45, 7) is 5.76. The molecule has 1 aromatic rings. The van der Waals surface area contributed by atoms with Crippen LogP contribution >= 0.6 is 0 Å². The van der Waals surface area contributed by atoms with Gasteiger partial charge in [-0.1, -0.05) is 6.07 Å². The first-order chi connectivity index (χ1) is 10.8. The number of amides is 1. The second-order valence-corrected chi connectivity index (χ2v) is 5.82. The van der Waals surface area contributed by atoms with Gasteiger partial charge in [0.1, 0.15) is 5.75 Å². The quantitative estimate of drug-likeness (QED) is 0.680. The number of carboxylic acid groups (broad SMARTS) is 1. The Labute approximate surface area is 136 Å². The number of aryl methyl sites for hydroxylation is 2. The summed E-state index contributed by atoms with van der Waals surface area (Å²) in [5.41, 5.74) is 0.931. The van der Waals surface area contributed by atoms with Crippen LogP contribution in [0, 0.1) is 13.8 Å². The van der Waals surface area contributed by atoms with Gasteiger partial charge in [0.05, 0.1) is 13.2 Å². The summed E-state index contributed by atoms with van der Waals surface area (Å²) in [5, 5.41) is 11.7. The number of carboxylic acids is 1. The third-order valence-corrected chi connectivity index (χ3v) is 3.62. The number of methoxy groups -OCH3 is 1. The summed E-state index contributed by atoms with van der Waals surface area (Å²) in [4.78, 5) is 23.1. The molecule has 0 aliphatic carbocycles. The largest absolute Gasteiger partial charge is 0.494 e. The Morgan fingerprint density at radius 3 is 2.52 bits per heavy atom. The van der Waals surface area contributed by atoms with Gasteiger partial charge in [0.15, 0.2) is 5.54 Å². The molecule has 23 heavy (non-hydrogen) atoms. The molecule has 6 nitrogen and oxygen atoms in total. The van der Waals surface area contributed by atoms with Crippen LogP contribution in [0.5, 0.6) is 5.75 Å². The molecule has 0 bridgehead atoms. The minimum atomic E-state index is -1.42. The van der Waals surface area contributed by atoms with Gasteiger partial charge in [0.25, 0.3) is 0 Å². The Hall–Kier alpha value is -2.08. The first-order valence-electron chi connectivity index (χ1n) is 7.52. The third-order valence-electron chi connectivity index (χ3n) is 3.62. The molecule has 0 aliphatic rings. The van der Waals surface area contributed by atoms with Crippen molar-refractivity contribution in [2.75, 3.05) is 20.3 Å². The molecule has 1 rings (SSSR count). The molecule has 0 saturated carbocycles. The first-order valence-corrected chi connectivity index (χ1v) is 7.52. The third kappa shape index (κ3) is 5.90. The number of rotatable bonds is 9. The molecule has 1 amide bonds. The van der Waals surface area contributed by atoms with Crippen molar-refractivity contribution < 1.29 is 24.2 Å². The molecule has 0 spiro atoms. The molecule has 1 atom stereocenters. The predicted molar refractivity (Wildman–Crippen MR) is 86.7 cm³/mol. The van der Waals surface area contributed by atoms with Gasteiger partial charge in [-0.05, 0) is 50.5 Å². The van der Waals surface area contributed by atoms with E-state index >= 15 is 0 Å². The molecule has 6 heteroatoms. The lowest BCUT2D eigenvalue weighted by Crippen LogP contribution is -2.55. The lowest BCUT2D eigenvalue weighted by molar-refractivity contribution is -0.149. The van der Waals surface area contributed by atoms with E-state index in [2.05, 4.69) is 5.32 Å². The number of carbonyl (C=O) groups is 2. The Morgan fingerprint density at radius 1 is 1.26 bits per heavy atom. The van der Waals surface area contributed by atoms with Crippen molar-refractivity contribution in [3.63, 3.8) is 0 Å². The minimum Gasteiger partial charge on any atom is -0.494 e. The number of aliphatic carboxylic acids is 1. The molecule has 2 N–H and O–H groups in total. The highest BCUT2D eigenvalue weighted by Gasteiger charge is 2.34. The van der Waals surface area contributed by atoms with Crippen molar-refractivity contribution in [2.45, 2.75) is 39.2 Å². The van der Waals surface area contributed by atoms with Crippen LogP contribution in [0.2, 0.25) is 0 Å². The van der Waals surface area contributed by atoms with Crippen LogP contribution in [0.25, 0.3) is 0 Å². The van der Waals surface area contributed by atoms with Crippen LogP contribution in [0.1, 0.15) is 30.9 Å². The topological polar surface area (TPSA) is 84.9 Å². The second kappa shape index (κ2) is 8.53. The summed E-state index contributed by atoms with van der Waals surface area (Å²) in [7, 11) is 1.39. The predicted octanol–water partition coefficient (Wildman–Crippen LogP) is 2.07. The van der Waals surface area contributed by atoms with E-state index < -0.39 is 11.5 Å². The van der Waals surface area contributed by atoms with Crippen molar-refractivity contribution >= 4 is 11.9 Å². The van der Waals surface area contributed by atoms with Crippen LogP contribution in [0.3, 0.4) is 0 Å². The molecule has 0 radical (unpaired) electrons. The van der Waals surface area contributed by atoms with Gasteiger partial charge in [0, 0.05) is 13.5 Å². The number of carbonyl (C=O) groups excluding carboxylic acids is 1. The number of hydrogen-bond donors (Lipinski definition) is 2. The SMILES string of the molecule is COCC(C)(NC(=O)CCCOc1ccc(C)c(C)c1)C(=O)O. The standard InChI is InChI=1S/C17H25NO5/c1-12-7-8-14(10-13(12)2)23-9-5-6-15(19)18-17(3,11-22-4)16(20)21/h7-8,10H,5-6,9,11H2,1-4H3,(H,18,19)(H,20,21). The molecule has 0 aromatic heterocycles. The Bertz CT molecular complexity index is 558.